The highest BCUT2D eigenvalue weighted by atomic mass is 32.2. The maximum absolute atomic E-state index is 15.6. The molecule has 1 fully saturated rings. The monoisotopic (exact) mass is 1480 g/mol. The zero-order valence-electron chi connectivity index (χ0n) is 67.7. The maximum atomic E-state index is 15.6. The number of aliphatic hydroxyl groups excluding tert-OH is 2. The fraction of sp³-hybridized carbons (Fsp3) is 0.840. The Balaban J connectivity index is 4.50. The van der Waals surface area contributed by atoms with Gasteiger partial charge in [-0.05, 0) is 140 Å². The van der Waals surface area contributed by atoms with Gasteiger partial charge in [-0.3, -0.25) is 52.7 Å². The zero-order valence-corrected chi connectivity index (χ0v) is 68.5. The third kappa shape index (κ3) is 30.2. The van der Waals surface area contributed by atoms with E-state index in [9.17, 15) is 39.0 Å². The van der Waals surface area contributed by atoms with E-state index in [1.165, 1.54) is 92.6 Å². The molecule has 1 saturated heterocycles. The number of nitrogens with zero attached hydrogens (tertiary/aromatic N) is 7. The van der Waals surface area contributed by atoms with E-state index >= 15 is 28.8 Å². The SMILES string of the molecule is CC[C@H]1NC(=O)[C@H]([C@H](O)[C@H](C)CCCCCCNC(=O)OC(C)(C)C)N(C)C(=O)[C@@H](C(C)C)N(C)C(=O)[C@@H](CC(C)C)N(C)C(=O)[C@H](CC(C)C)N(C)C(=O)[C@H](C)NC(=O)[C@@H](C)NC(=O)[C@@H](CC(C)C)N(C)C(=O)[C@@H](C(C)C)NC(=O)[C@H](CC(C)C)N(C)C(=O)[C@@H](SCCCCCCO)N(C)C1=O. The predicted octanol–water partition coefficient (Wildman–Crippen LogP) is 6.39. The Morgan fingerprint density at radius 2 is 0.913 bits per heavy atom. The fourth-order valence-electron chi connectivity index (χ4n) is 12.8. The number of carbonyl (C=O) groups excluding carboxylic acids is 12. The van der Waals surface area contributed by atoms with E-state index in [4.69, 9.17) is 4.74 Å². The summed E-state index contributed by atoms with van der Waals surface area (Å²) in [5, 5.41) is 34.8. The summed E-state index contributed by atoms with van der Waals surface area (Å²) < 4.78 is 5.36. The molecule has 0 aromatic heterocycles. The van der Waals surface area contributed by atoms with Crippen molar-refractivity contribution in [1.82, 2.24) is 60.9 Å². The number of thioether (sulfide) groups is 1. The molecule has 0 aromatic carbocycles. The van der Waals surface area contributed by atoms with Crippen LogP contribution in [0.25, 0.3) is 0 Å². The number of unbranched alkanes of at least 4 members (excludes halogenated alkanes) is 6. The van der Waals surface area contributed by atoms with Crippen LogP contribution in [0.1, 0.15) is 221 Å². The molecule has 27 nitrogen and oxygen atoms in total. The molecule has 1 aliphatic heterocycles. The van der Waals surface area contributed by atoms with Crippen molar-refractivity contribution in [2.45, 2.75) is 299 Å². The molecule has 12 amide bonds. The molecule has 0 unspecified atom stereocenters. The number of hydrogen-bond acceptors (Lipinski definition) is 16. The van der Waals surface area contributed by atoms with Crippen molar-refractivity contribution >= 4 is 82.8 Å². The van der Waals surface area contributed by atoms with Crippen LogP contribution in [0.15, 0.2) is 0 Å². The molecular formula is C75H138N12O15S. The predicted molar refractivity (Wildman–Crippen MR) is 403 cm³/mol. The fourth-order valence-corrected chi connectivity index (χ4v) is 14.0. The minimum absolute atomic E-state index is 0.00180. The first-order valence-electron chi connectivity index (χ1n) is 37.7. The van der Waals surface area contributed by atoms with Crippen LogP contribution < -0.4 is 26.6 Å². The molecule has 0 aromatic rings. The molecule has 7 N–H and O–H groups in total. The van der Waals surface area contributed by atoms with E-state index in [0.29, 0.717) is 70.1 Å². The average Bonchev–Trinajstić information content (AvgIpc) is 0.806. The summed E-state index contributed by atoms with van der Waals surface area (Å²) in [4.78, 5) is 186. The van der Waals surface area contributed by atoms with Crippen LogP contribution in [-0.2, 0) is 57.5 Å². The van der Waals surface area contributed by atoms with Crippen molar-refractivity contribution < 1.29 is 72.5 Å². The van der Waals surface area contributed by atoms with Gasteiger partial charge in [0.25, 0.3) is 5.91 Å². The Kier molecular flexibility index (Phi) is 41.6. The number of alkyl carbamates (subject to hydrolysis) is 1. The molecular weight excluding hydrogens is 1340 g/mol. The lowest BCUT2D eigenvalue weighted by Gasteiger charge is -2.41. The van der Waals surface area contributed by atoms with Crippen molar-refractivity contribution in [3.8, 4) is 0 Å². The Bertz CT molecular complexity index is 2750. The zero-order chi connectivity index (χ0) is 79.4. The molecule has 103 heavy (non-hydrogen) atoms. The van der Waals surface area contributed by atoms with E-state index in [1.807, 2.05) is 55.4 Å². The van der Waals surface area contributed by atoms with Gasteiger partial charge in [-0.25, -0.2) is 4.79 Å². The average molecular weight is 1480 g/mol. The summed E-state index contributed by atoms with van der Waals surface area (Å²) in [5.74, 6) is -9.83. The summed E-state index contributed by atoms with van der Waals surface area (Å²) in [5.41, 5.74) is -0.661. The van der Waals surface area contributed by atoms with Gasteiger partial charge in [-0.15, -0.1) is 11.8 Å². The Hall–Kier alpha value is -6.29. The normalized spacial score (nSPS) is 25.0. The topological polar surface area (TPSA) is 337 Å². The van der Waals surface area contributed by atoms with Gasteiger partial charge in [0.1, 0.15) is 66.0 Å². The summed E-state index contributed by atoms with van der Waals surface area (Å²) in [7, 11) is 10.0. The smallest absolute Gasteiger partial charge is 0.407 e. The van der Waals surface area contributed by atoms with E-state index in [2.05, 4.69) is 26.6 Å². The lowest BCUT2D eigenvalue weighted by atomic mass is 9.90. The summed E-state index contributed by atoms with van der Waals surface area (Å²) >= 11 is 1.16. The number of amides is 12. The molecule has 13 atom stereocenters. The molecule has 0 bridgehead atoms. The molecule has 28 heteroatoms. The molecule has 0 saturated carbocycles. The van der Waals surface area contributed by atoms with Crippen molar-refractivity contribution in [2.24, 2.45) is 41.4 Å². The molecule has 0 aliphatic carbocycles. The largest absolute Gasteiger partial charge is 0.444 e. The molecule has 0 spiro atoms. The van der Waals surface area contributed by atoms with E-state index in [1.54, 1.807) is 62.3 Å². The quantitative estimate of drug-likeness (QED) is 0.0438. The lowest BCUT2D eigenvalue weighted by molar-refractivity contribution is -0.157. The van der Waals surface area contributed by atoms with Crippen LogP contribution in [0.4, 0.5) is 4.79 Å². The summed E-state index contributed by atoms with van der Waals surface area (Å²) in [6.07, 6.45) is 3.92. The second-order valence-electron chi connectivity index (χ2n) is 32.0. The molecule has 1 aliphatic rings. The number of aliphatic hydroxyl groups is 2. The molecule has 0 radical (unpaired) electrons. The number of nitrogens with one attached hydrogen (secondary N) is 5. The van der Waals surface area contributed by atoms with Crippen LogP contribution >= 0.6 is 11.8 Å². The van der Waals surface area contributed by atoms with Gasteiger partial charge in [-0.2, -0.15) is 0 Å². The second-order valence-corrected chi connectivity index (χ2v) is 33.2. The first-order chi connectivity index (χ1) is 47.7. The number of likely N-dealkylation sites (N-methyl/N-ethyl adjacent to an activating group) is 7. The van der Waals surface area contributed by atoms with Gasteiger partial charge >= 0.3 is 6.09 Å². The highest BCUT2D eigenvalue weighted by molar-refractivity contribution is 8.00. The molecule has 1 heterocycles. The number of hydrogen-bond donors (Lipinski definition) is 7. The Morgan fingerprint density at radius 1 is 0.476 bits per heavy atom. The van der Waals surface area contributed by atoms with Gasteiger partial charge in [0.2, 0.25) is 59.1 Å². The van der Waals surface area contributed by atoms with Crippen LogP contribution in [-0.4, -0.2) is 261 Å². The van der Waals surface area contributed by atoms with Gasteiger partial charge in [0, 0.05) is 62.5 Å². The lowest BCUT2D eigenvalue weighted by Crippen LogP contribution is -2.64. The van der Waals surface area contributed by atoms with Crippen molar-refractivity contribution in [2.75, 3.05) is 68.2 Å². The van der Waals surface area contributed by atoms with E-state index in [0.717, 1.165) is 16.7 Å². The minimum Gasteiger partial charge on any atom is -0.444 e. The minimum atomic E-state index is -1.68. The summed E-state index contributed by atoms with van der Waals surface area (Å²) in [6.45, 7) is 33.8. The highest BCUT2D eigenvalue weighted by Crippen LogP contribution is 2.28. The number of carbonyl (C=O) groups is 12. The van der Waals surface area contributed by atoms with Crippen molar-refractivity contribution in [3.63, 3.8) is 0 Å². The Labute approximate surface area is 622 Å². The van der Waals surface area contributed by atoms with Gasteiger partial charge in [0.15, 0.2) is 5.37 Å². The van der Waals surface area contributed by atoms with Crippen LogP contribution in [0.2, 0.25) is 0 Å². The van der Waals surface area contributed by atoms with Crippen LogP contribution in [0, 0.1) is 41.4 Å². The van der Waals surface area contributed by atoms with Gasteiger partial charge in [-0.1, -0.05) is 129 Å². The van der Waals surface area contributed by atoms with E-state index < -0.39 is 166 Å². The van der Waals surface area contributed by atoms with Crippen molar-refractivity contribution in [1.29, 1.82) is 0 Å². The number of rotatable bonds is 27. The standard InChI is InChI=1S/C75H138N12O15S/c1-27-53-67(95)87(26)73(103-39-35-31-30-34-38-88)72(100)82(21)55(41-45(4)5)64(92)80-58(48(10)11)70(98)81(20)54(40-44(2)3)63(91)77-51(15)62(90)78-52(16)66(94)83(22)56(42-46(6)7)68(96)84(23)57(43-47(8)9)69(97)85(24)59(49(12)13)71(99)86(25)60(65(93)79-53)61(89)50(14)36-32-28-29-33-37-76-74(101)102-75(17,18)19/h44-61,73,88-89H,27-43H2,1-26H3,(H,76,101)(H,77,91)(H,78,90)(H,79,93)(H,80,92)/t50-,51-,52+,53-,54-,55+,56+,57-,58-,59-,60+,61-,73-/m1/s1. The molecule has 594 valence electrons. The maximum Gasteiger partial charge on any atom is 0.407 e. The first kappa shape index (κ1) is 94.7. The Morgan fingerprint density at radius 3 is 1.40 bits per heavy atom. The van der Waals surface area contributed by atoms with Crippen LogP contribution in [0.3, 0.4) is 0 Å². The van der Waals surface area contributed by atoms with Crippen molar-refractivity contribution in [3.05, 3.63) is 0 Å². The third-order valence-electron chi connectivity index (χ3n) is 19.0. The third-order valence-corrected chi connectivity index (χ3v) is 20.4. The van der Waals surface area contributed by atoms with Gasteiger partial charge < -0.3 is 75.8 Å². The van der Waals surface area contributed by atoms with E-state index in [-0.39, 0.29) is 62.4 Å². The van der Waals surface area contributed by atoms with Crippen LogP contribution in [0.5, 0.6) is 0 Å². The molecule has 1 rings (SSSR count). The second kappa shape index (κ2) is 45.3. The van der Waals surface area contributed by atoms with Gasteiger partial charge in [0.05, 0.1) is 6.10 Å². The summed E-state index contributed by atoms with van der Waals surface area (Å²) in [6, 6.07) is -12.8. The number of ether oxygens (including phenoxy) is 1. The first-order valence-corrected chi connectivity index (χ1v) is 38.7. The highest BCUT2D eigenvalue weighted by Gasteiger charge is 2.47.